The number of benzene rings is 1. The summed E-state index contributed by atoms with van der Waals surface area (Å²) in [4.78, 5) is 32.4. The zero-order valence-electron chi connectivity index (χ0n) is 16.0. The highest BCUT2D eigenvalue weighted by molar-refractivity contribution is 5.90. The second-order valence-corrected chi connectivity index (χ2v) is 6.76. The zero-order chi connectivity index (χ0) is 22.5. The zero-order valence-corrected chi connectivity index (χ0v) is 16.0. The molecule has 0 fully saturated rings. The highest BCUT2D eigenvalue weighted by Gasteiger charge is 2.31. The van der Waals surface area contributed by atoms with E-state index < -0.39 is 29.0 Å². The van der Waals surface area contributed by atoms with E-state index in [1.54, 1.807) is 0 Å². The number of aromatic amines is 1. The maximum atomic E-state index is 14.4. The van der Waals surface area contributed by atoms with E-state index in [0.717, 1.165) is 16.6 Å². The highest BCUT2D eigenvalue weighted by Crippen LogP contribution is 2.32. The van der Waals surface area contributed by atoms with Crippen LogP contribution in [-0.4, -0.2) is 44.5 Å². The van der Waals surface area contributed by atoms with E-state index in [0.29, 0.717) is 12.1 Å². The van der Waals surface area contributed by atoms with Crippen LogP contribution < -0.4 is 5.56 Å². The van der Waals surface area contributed by atoms with Gasteiger partial charge in [0.25, 0.3) is 11.4 Å². The number of hydrogen-bond acceptors (Lipinski definition) is 5. The minimum absolute atomic E-state index is 0.0606. The number of fused-ring (bicyclic) bond motifs is 1. The van der Waals surface area contributed by atoms with Crippen LogP contribution >= 0.6 is 0 Å². The Hall–Kier alpha value is -3.96. The summed E-state index contributed by atoms with van der Waals surface area (Å²) in [5, 5.41) is 3.93. The Labute approximate surface area is 170 Å². The molecule has 3 aromatic heterocycles. The molecule has 31 heavy (non-hydrogen) atoms. The van der Waals surface area contributed by atoms with Gasteiger partial charge in [-0.2, -0.15) is 22.8 Å². The smallest absolute Gasteiger partial charge is 0.416 e. The Morgan fingerprint density at radius 1 is 1.16 bits per heavy atom. The molecule has 160 valence electrons. The number of nitrogens with zero attached hydrogens (tertiary/aromatic N) is 4. The number of carbonyl (C=O) groups is 1. The molecule has 0 bridgehead atoms. The molecule has 0 spiro atoms. The summed E-state index contributed by atoms with van der Waals surface area (Å²) >= 11 is 0. The summed E-state index contributed by atoms with van der Waals surface area (Å²) in [6.45, 7) is 0. The quantitative estimate of drug-likeness (QED) is 0.499. The summed E-state index contributed by atoms with van der Waals surface area (Å²) in [5.41, 5.74) is -1.77. The molecule has 0 radical (unpaired) electrons. The Kier molecular flexibility index (Phi) is 4.64. The molecular formula is C19H13F4N5O3. The molecule has 8 nitrogen and oxygen atoms in total. The first-order valence-corrected chi connectivity index (χ1v) is 8.72. The number of halogens is 4. The first kappa shape index (κ1) is 20.3. The van der Waals surface area contributed by atoms with Crippen molar-refractivity contribution < 1.29 is 26.8 Å². The number of amides is 1. The summed E-state index contributed by atoms with van der Waals surface area (Å²) in [5.74, 6) is -1.72. The van der Waals surface area contributed by atoms with Crippen molar-refractivity contribution in [3.05, 3.63) is 64.3 Å². The molecule has 0 atom stereocenters. The molecule has 0 saturated carbocycles. The van der Waals surface area contributed by atoms with Crippen molar-refractivity contribution in [3.63, 3.8) is 0 Å². The lowest BCUT2D eigenvalue weighted by atomic mass is 10.1. The number of aromatic nitrogens is 4. The molecule has 0 aliphatic heterocycles. The fourth-order valence-corrected chi connectivity index (χ4v) is 2.91. The number of alkyl halides is 3. The van der Waals surface area contributed by atoms with Crippen LogP contribution in [0.15, 0.2) is 45.9 Å². The molecule has 1 aromatic carbocycles. The molecule has 3 heterocycles. The maximum absolute atomic E-state index is 14.4. The molecule has 0 unspecified atom stereocenters. The monoisotopic (exact) mass is 435 g/mol. The third-order valence-electron chi connectivity index (χ3n) is 4.45. The minimum atomic E-state index is -4.71. The summed E-state index contributed by atoms with van der Waals surface area (Å²) < 4.78 is 59.2. The van der Waals surface area contributed by atoms with E-state index in [1.165, 1.54) is 31.4 Å². The van der Waals surface area contributed by atoms with Crippen molar-refractivity contribution >= 4 is 11.6 Å². The largest absolute Gasteiger partial charge is 0.432 e. The lowest BCUT2D eigenvalue weighted by Gasteiger charge is -2.09. The molecule has 4 rings (SSSR count). The van der Waals surface area contributed by atoms with Crippen LogP contribution in [0, 0.1) is 5.82 Å². The first-order valence-electron chi connectivity index (χ1n) is 8.72. The second kappa shape index (κ2) is 7.07. The Morgan fingerprint density at radius 2 is 1.90 bits per heavy atom. The SMILES string of the molecule is CN(C)C(=O)c1ncc(-c2cnn3c(=O)cc(-c4ccc(C(F)(F)F)cc4F)[nH]c23)o1. The van der Waals surface area contributed by atoms with Gasteiger partial charge in [-0.25, -0.2) is 9.37 Å². The van der Waals surface area contributed by atoms with E-state index in [4.69, 9.17) is 4.42 Å². The minimum Gasteiger partial charge on any atom is -0.432 e. The van der Waals surface area contributed by atoms with Crippen molar-refractivity contribution in [2.45, 2.75) is 6.18 Å². The van der Waals surface area contributed by atoms with Gasteiger partial charge in [0.2, 0.25) is 0 Å². The van der Waals surface area contributed by atoms with Crippen molar-refractivity contribution in [2.75, 3.05) is 14.1 Å². The van der Waals surface area contributed by atoms with Gasteiger partial charge in [-0.3, -0.25) is 9.59 Å². The normalized spacial score (nSPS) is 11.8. The third kappa shape index (κ3) is 3.56. The second-order valence-electron chi connectivity index (χ2n) is 6.76. The molecule has 0 aliphatic rings. The van der Waals surface area contributed by atoms with Gasteiger partial charge < -0.3 is 14.3 Å². The summed E-state index contributed by atoms with van der Waals surface area (Å²) in [7, 11) is 3.04. The average molecular weight is 435 g/mol. The van der Waals surface area contributed by atoms with Crippen molar-refractivity contribution in [3.8, 4) is 22.6 Å². The predicted octanol–water partition coefficient (Wildman–Crippen LogP) is 3.20. The van der Waals surface area contributed by atoms with Gasteiger partial charge in [0.05, 0.1) is 29.2 Å². The molecule has 0 saturated heterocycles. The molecule has 1 amide bonds. The molecule has 4 aromatic rings. The van der Waals surface area contributed by atoms with Gasteiger partial charge in [0.15, 0.2) is 5.76 Å². The van der Waals surface area contributed by atoms with E-state index >= 15 is 0 Å². The fraction of sp³-hybridized carbons (Fsp3) is 0.158. The van der Waals surface area contributed by atoms with E-state index in [2.05, 4.69) is 15.1 Å². The lowest BCUT2D eigenvalue weighted by Crippen LogP contribution is -2.21. The van der Waals surface area contributed by atoms with E-state index in [1.807, 2.05) is 0 Å². The maximum Gasteiger partial charge on any atom is 0.416 e. The number of H-pyrrole nitrogens is 1. The fourth-order valence-electron chi connectivity index (χ4n) is 2.91. The van der Waals surface area contributed by atoms with Gasteiger partial charge in [-0.15, -0.1) is 0 Å². The van der Waals surface area contributed by atoms with Gasteiger partial charge in [0.1, 0.15) is 11.5 Å². The van der Waals surface area contributed by atoms with Gasteiger partial charge >= 0.3 is 12.1 Å². The third-order valence-corrected chi connectivity index (χ3v) is 4.45. The molecular weight excluding hydrogens is 422 g/mol. The Balaban J connectivity index is 1.83. The number of oxazole rings is 1. The highest BCUT2D eigenvalue weighted by atomic mass is 19.4. The molecule has 0 aliphatic carbocycles. The van der Waals surface area contributed by atoms with Gasteiger partial charge in [-0.05, 0) is 18.2 Å². The van der Waals surface area contributed by atoms with Crippen molar-refractivity contribution in [1.82, 2.24) is 24.5 Å². The van der Waals surface area contributed by atoms with E-state index in [9.17, 15) is 27.2 Å². The van der Waals surface area contributed by atoms with Crippen LogP contribution in [0.5, 0.6) is 0 Å². The number of rotatable bonds is 3. The summed E-state index contributed by atoms with van der Waals surface area (Å²) in [6.07, 6.45) is -2.16. The Bertz CT molecular complexity index is 1370. The van der Waals surface area contributed by atoms with E-state index in [-0.39, 0.29) is 34.1 Å². The van der Waals surface area contributed by atoms with Crippen LogP contribution in [0.3, 0.4) is 0 Å². The van der Waals surface area contributed by atoms with Crippen LogP contribution in [0.2, 0.25) is 0 Å². The standard InChI is InChI=1S/C19H13F4N5O3/c1-27(2)18(30)17-24-8-14(31-17)11-7-25-28-15(29)6-13(26-16(11)28)10-4-3-9(5-12(10)20)19(21,22)23/h3-8,26H,1-2H3. The number of carbonyl (C=O) groups excluding carboxylic acids is 1. The van der Waals surface area contributed by atoms with Gasteiger partial charge in [0, 0.05) is 25.7 Å². The predicted molar refractivity (Wildman–Crippen MR) is 99.7 cm³/mol. The number of nitrogens with one attached hydrogen (secondary N) is 1. The van der Waals surface area contributed by atoms with Gasteiger partial charge in [-0.1, -0.05) is 0 Å². The van der Waals surface area contributed by atoms with Crippen LogP contribution in [0.4, 0.5) is 17.6 Å². The van der Waals surface area contributed by atoms with Crippen LogP contribution in [0.1, 0.15) is 16.2 Å². The summed E-state index contributed by atoms with van der Waals surface area (Å²) in [6, 6.07) is 3.01. The molecule has 12 heteroatoms. The molecule has 1 N–H and O–H groups in total. The first-order chi connectivity index (χ1) is 14.6. The lowest BCUT2D eigenvalue weighted by molar-refractivity contribution is -0.137. The topological polar surface area (TPSA) is 96.5 Å². The van der Waals surface area contributed by atoms with Crippen LogP contribution in [0.25, 0.3) is 28.2 Å². The Morgan fingerprint density at radius 3 is 2.55 bits per heavy atom. The number of hydrogen-bond donors (Lipinski definition) is 1. The van der Waals surface area contributed by atoms with Crippen LogP contribution in [-0.2, 0) is 6.18 Å². The van der Waals surface area contributed by atoms with Crippen molar-refractivity contribution in [1.29, 1.82) is 0 Å². The average Bonchev–Trinajstić information content (AvgIpc) is 3.33. The van der Waals surface area contributed by atoms with Crippen molar-refractivity contribution in [2.24, 2.45) is 0 Å².